The molecule has 4 nitrogen and oxygen atoms in total. The summed E-state index contributed by atoms with van der Waals surface area (Å²) in [6.07, 6.45) is -3.59. The van der Waals surface area contributed by atoms with Gasteiger partial charge in [-0.05, 0) is 24.4 Å². The summed E-state index contributed by atoms with van der Waals surface area (Å²) in [4.78, 5) is 15.3. The molecule has 0 bridgehead atoms. The highest BCUT2D eigenvalue weighted by Crippen LogP contribution is 2.43. The number of thiophene rings is 1. The van der Waals surface area contributed by atoms with Crippen molar-refractivity contribution in [1.29, 1.82) is 0 Å². The third-order valence-corrected chi connectivity index (χ3v) is 4.65. The van der Waals surface area contributed by atoms with E-state index in [1.165, 1.54) is 18.4 Å². The molecule has 0 amide bonds. The fourth-order valence-corrected chi connectivity index (χ4v) is 3.32. The molecular weight excluding hydrogens is 431 g/mol. The van der Waals surface area contributed by atoms with Crippen molar-refractivity contribution in [2.75, 3.05) is 6.61 Å². The summed E-state index contributed by atoms with van der Waals surface area (Å²) in [6, 6.07) is 2.25. The normalized spacial score (nSPS) is 12.6. The molecule has 0 atom stereocenters. The van der Waals surface area contributed by atoms with Gasteiger partial charge in [0.1, 0.15) is 27.3 Å². The van der Waals surface area contributed by atoms with E-state index in [0.717, 1.165) is 23.0 Å². The maximum Gasteiger partial charge on any atom is 0.426 e. The lowest BCUT2D eigenvalue weighted by molar-refractivity contribution is -0.133. The average molecular weight is 441 g/mol. The van der Waals surface area contributed by atoms with E-state index in [1.54, 1.807) is 0 Å². The zero-order chi connectivity index (χ0) is 20.0. The number of pyridine rings is 1. The Morgan fingerprint density at radius 3 is 2.67 bits per heavy atom. The van der Waals surface area contributed by atoms with Crippen molar-refractivity contribution in [2.24, 2.45) is 0 Å². The van der Waals surface area contributed by atoms with Crippen LogP contribution in [0.2, 0.25) is 0 Å². The van der Waals surface area contributed by atoms with E-state index in [0.29, 0.717) is 11.3 Å². The Hall–Kier alpha value is -1.84. The minimum absolute atomic E-state index is 0.00188. The number of alkyl halides is 5. The molecular formula is C16H10Cl2F4N2O2S. The summed E-state index contributed by atoms with van der Waals surface area (Å²) < 4.78 is 57.9. The van der Waals surface area contributed by atoms with Crippen LogP contribution in [0.15, 0.2) is 29.9 Å². The zero-order valence-corrected chi connectivity index (χ0v) is 15.8. The third-order valence-electron chi connectivity index (χ3n) is 3.47. The summed E-state index contributed by atoms with van der Waals surface area (Å²) in [6.45, 7) is 1.04. The first-order chi connectivity index (χ1) is 12.5. The SMILES string of the molecule is CC(Cl)(Cl)COC(=O)n1cc(-c2ccsc2C(F)(F)F)c2cc(F)cnc21. The predicted molar refractivity (Wildman–Crippen MR) is 94.9 cm³/mol. The standard InChI is InChI=1S/C16H10Cl2F4N2O2S/c1-15(17,18)7-26-14(25)24-6-11(10-4-8(19)5-23-13(10)24)9-2-3-27-12(9)16(20,21)22/h2-6H,7H2,1H3. The van der Waals surface area contributed by atoms with Gasteiger partial charge in [0.05, 0.1) is 6.20 Å². The number of rotatable bonds is 3. The molecule has 0 aliphatic heterocycles. The monoisotopic (exact) mass is 440 g/mol. The minimum Gasteiger partial charge on any atom is -0.446 e. The Morgan fingerprint density at radius 1 is 1.33 bits per heavy atom. The zero-order valence-electron chi connectivity index (χ0n) is 13.5. The van der Waals surface area contributed by atoms with Gasteiger partial charge in [0.25, 0.3) is 0 Å². The van der Waals surface area contributed by atoms with Gasteiger partial charge in [0.15, 0.2) is 0 Å². The second-order valence-electron chi connectivity index (χ2n) is 5.72. The quantitative estimate of drug-likeness (QED) is 0.365. The number of carbonyl (C=O) groups excluding carboxylic acids is 1. The van der Waals surface area contributed by atoms with E-state index < -0.39 is 27.3 Å². The fourth-order valence-electron chi connectivity index (χ4n) is 2.43. The van der Waals surface area contributed by atoms with Gasteiger partial charge >= 0.3 is 12.3 Å². The van der Waals surface area contributed by atoms with Crippen LogP contribution in [-0.4, -0.2) is 26.6 Å². The first-order valence-corrected chi connectivity index (χ1v) is 8.97. The molecule has 27 heavy (non-hydrogen) atoms. The fraction of sp³-hybridized carbons (Fsp3) is 0.250. The topological polar surface area (TPSA) is 44.1 Å². The van der Waals surface area contributed by atoms with Crippen LogP contribution >= 0.6 is 34.5 Å². The minimum atomic E-state index is -4.60. The molecule has 0 aromatic carbocycles. The number of nitrogens with zero attached hydrogens (tertiary/aromatic N) is 2. The molecule has 3 aromatic rings. The Morgan fingerprint density at radius 2 is 2.04 bits per heavy atom. The summed E-state index contributed by atoms with van der Waals surface area (Å²) in [7, 11) is 0. The maximum atomic E-state index is 13.7. The molecule has 0 unspecified atom stereocenters. The molecule has 3 heterocycles. The molecule has 0 aliphatic rings. The summed E-state index contributed by atoms with van der Waals surface area (Å²) in [5, 5.41) is 1.30. The number of fused-ring (bicyclic) bond motifs is 1. The summed E-state index contributed by atoms with van der Waals surface area (Å²) in [5.74, 6) is -0.757. The number of hydrogen-bond donors (Lipinski definition) is 0. The van der Waals surface area contributed by atoms with Gasteiger partial charge in [0, 0.05) is 22.7 Å². The van der Waals surface area contributed by atoms with E-state index in [2.05, 4.69) is 4.98 Å². The van der Waals surface area contributed by atoms with E-state index in [-0.39, 0.29) is 28.8 Å². The number of ether oxygens (including phenoxy) is 1. The van der Waals surface area contributed by atoms with Crippen molar-refractivity contribution in [2.45, 2.75) is 17.4 Å². The molecule has 3 aromatic heterocycles. The van der Waals surface area contributed by atoms with Crippen molar-refractivity contribution in [1.82, 2.24) is 9.55 Å². The largest absolute Gasteiger partial charge is 0.446 e. The van der Waals surface area contributed by atoms with Gasteiger partial charge in [0.2, 0.25) is 0 Å². The van der Waals surface area contributed by atoms with E-state index in [4.69, 9.17) is 27.9 Å². The van der Waals surface area contributed by atoms with Crippen LogP contribution in [0.3, 0.4) is 0 Å². The lowest BCUT2D eigenvalue weighted by Crippen LogP contribution is -2.22. The molecule has 11 heteroatoms. The van der Waals surface area contributed by atoms with Crippen molar-refractivity contribution < 1.29 is 27.1 Å². The predicted octanol–water partition coefficient (Wildman–Crippen LogP) is 6.10. The highest BCUT2D eigenvalue weighted by atomic mass is 35.5. The Labute approximate surface area is 164 Å². The molecule has 0 spiro atoms. The first kappa shape index (κ1) is 19.9. The Bertz CT molecular complexity index is 1010. The summed E-state index contributed by atoms with van der Waals surface area (Å²) in [5.41, 5.74) is -0.236. The molecule has 0 aliphatic carbocycles. The average Bonchev–Trinajstić information content (AvgIpc) is 3.15. The number of carbonyl (C=O) groups is 1. The van der Waals surface area contributed by atoms with Crippen LogP contribution in [0.25, 0.3) is 22.2 Å². The van der Waals surface area contributed by atoms with Gasteiger partial charge in [-0.3, -0.25) is 0 Å². The van der Waals surface area contributed by atoms with E-state index in [1.807, 2.05) is 0 Å². The molecule has 3 rings (SSSR count). The lowest BCUT2D eigenvalue weighted by Gasteiger charge is -2.13. The van der Waals surface area contributed by atoms with E-state index in [9.17, 15) is 22.4 Å². The highest BCUT2D eigenvalue weighted by Gasteiger charge is 2.36. The second-order valence-corrected chi connectivity index (χ2v) is 8.50. The Kier molecular flexibility index (Phi) is 5.13. The van der Waals surface area contributed by atoms with Crippen molar-refractivity contribution in [3.05, 3.63) is 40.6 Å². The van der Waals surface area contributed by atoms with Gasteiger partial charge < -0.3 is 4.74 Å². The molecule has 0 saturated carbocycles. The van der Waals surface area contributed by atoms with Gasteiger partial charge in [-0.2, -0.15) is 13.2 Å². The third kappa shape index (κ3) is 4.20. The molecule has 0 radical (unpaired) electrons. The lowest BCUT2D eigenvalue weighted by atomic mass is 10.1. The number of halogens is 6. The number of aromatic nitrogens is 2. The number of hydrogen-bond acceptors (Lipinski definition) is 4. The van der Waals surface area contributed by atoms with Crippen molar-refractivity contribution in [3.8, 4) is 11.1 Å². The van der Waals surface area contributed by atoms with Gasteiger partial charge in [-0.25, -0.2) is 18.7 Å². The molecule has 0 saturated heterocycles. The van der Waals surface area contributed by atoms with Crippen LogP contribution in [-0.2, 0) is 10.9 Å². The summed E-state index contributed by atoms with van der Waals surface area (Å²) >= 11 is 12.0. The van der Waals surface area contributed by atoms with Crippen molar-refractivity contribution in [3.63, 3.8) is 0 Å². The van der Waals surface area contributed by atoms with Crippen LogP contribution in [0.1, 0.15) is 11.8 Å². The van der Waals surface area contributed by atoms with Gasteiger partial charge in [-0.1, -0.05) is 23.2 Å². The van der Waals surface area contributed by atoms with Crippen LogP contribution in [0.5, 0.6) is 0 Å². The molecule has 144 valence electrons. The Balaban J connectivity index is 2.14. The maximum absolute atomic E-state index is 13.7. The van der Waals surface area contributed by atoms with E-state index >= 15 is 0 Å². The van der Waals surface area contributed by atoms with Crippen molar-refractivity contribution >= 4 is 51.7 Å². The first-order valence-electron chi connectivity index (χ1n) is 7.34. The van der Waals surface area contributed by atoms with Crippen LogP contribution in [0, 0.1) is 5.82 Å². The molecule has 0 N–H and O–H groups in total. The highest BCUT2D eigenvalue weighted by molar-refractivity contribution is 7.10. The van der Waals surface area contributed by atoms with Crippen LogP contribution in [0.4, 0.5) is 22.4 Å². The van der Waals surface area contributed by atoms with Gasteiger partial charge in [-0.15, -0.1) is 11.3 Å². The second kappa shape index (κ2) is 6.96. The van der Waals surface area contributed by atoms with Crippen LogP contribution < -0.4 is 0 Å². The molecule has 0 fully saturated rings. The smallest absolute Gasteiger partial charge is 0.426 e.